The molecular weight excluding hydrogens is 481 g/mol. The number of nitrogens with one attached hydrogen (secondary N) is 2. The van der Waals surface area contributed by atoms with E-state index < -0.39 is 0 Å². The maximum atomic E-state index is 6.03. The van der Waals surface area contributed by atoms with Gasteiger partial charge in [0.1, 0.15) is 0 Å². The molecule has 3 rings (SSSR count). The molecule has 0 saturated carbocycles. The molecule has 2 heterocycles. The van der Waals surface area contributed by atoms with Crippen molar-refractivity contribution in [1.29, 1.82) is 0 Å². The van der Waals surface area contributed by atoms with Gasteiger partial charge in [-0.2, -0.15) is 5.10 Å². The maximum Gasteiger partial charge on any atom is 0.191 e. The van der Waals surface area contributed by atoms with Crippen LogP contribution >= 0.6 is 24.0 Å². The van der Waals surface area contributed by atoms with E-state index in [1.807, 2.05) is 17.8 Å². The van der Waals surface area contributed by atoms with Crippen molar-refractivity contribution in [3.8, 4) is 0 Å². The third-order valence-corrected chi connectivity index (χ3v) is 4.77. The smallest absolute Gasteiger partial charge is 0.191 e. The van der Waals surface area contributed by atoms with E-state index in [2.05, 4.69) is 46.9 Å². The molecule has 1 fully saturated rings. The quantitative estimate of drug-likeness (QED) is 0.323. The average Bonchev–Trinajstić information content (AvgIpc) is 3.14. The summed E-state index contributed by atoms with van der Waals surface area (Å²) in [6.45, 7) is 6.43. The number of aromatic nitrogens is 2. The van der Waals surface area contributed by atoms with E-state index in [0.717, 1.165) is 44.3 Å². The van der Waals surface area contributed by atoms with Crippen molar-refractivity contribution < 1.29 is 9.47 Å². The second kappa shape index (κ2) is 12.8. The average molecular weight is 513 g/mol. The van der Waals surface area contributed by atoms with E-state index in [0.29, 0.717) is 25.8 Å². The number of hydrogen-bond acceptors (Lipinski definition) is 4. The van der Waals surface area contributed by atoms with Gasteiger partial charge in [-0.15, -0.1) is 24.0 Å². The zero-order valence-corrected chi connectivity index (χ0v) is 19.6. The first-order valence-electron chi connectivity index (χ1n) is 10.0. The lowest BCUT2D eigenvalue weighted by Crippen LogP contribution is -2.37. The van der Waals surface area contributed by atoms with Gasteiger partial charge in [0.25, 0.3) is 0 Å². The molecule has 29 heavy (non-hydrogen) atoms. The van der Waals surface area contributed by atoms with E-state index in [1.165, 1.54) is 11.1 Å². The van der Waals surface area contributed by atoms with E-state index in [9.17, 15) is 0 Å². The molecule has 0 atom stereocenters. The minimum absolute atomic E-state index is 0. The molecule has 0 radical (unpaired) electrons. The molecule has 7 nitrogen and oxygen atoms in total. The fourth-order valence-corrected chi connectivity index (χ4v) is 3.14. The summed E-state index contributed by atoms with van der Waals surface area (Å²) in [6.07, 6.45) is 4.08. The molecule has 0 aliphatic carbocycles. The third kappa shape index (κ3) is 7.94. The second-order valence-electron chi connectivity index (χ2n) is 6.94. The van der Waals surface area contributed by atoms with E-state index in [1.54, 1.807) is 6.20 Å². The Labute approximate surface area is 190 Å². The monoisotopic (exact) mass is 513 g/mol. The van der Waals surface area contributed by atoms with Crippen LogP contribution in [0.1, 0.15) is 36.6 Å². The van der Waals surface area contributed by atoms with Crippen molar-refractivity contribution in [1.82, 2.24) is 20.4 Å². The van der Waals surface area contributed by atoms with Crippen LogP contribution in [-0.4, -0.2) is 41.6 Å². The maximum absolute atomic E-state index is 6.03. The van der Waals surface area contributed by atoms with Crippen molar-refractivity contribution in [2.45, 2.75) is 45.6 Å². The number of benzene rings is 1. The summed E-state index contributed by atoms with van der Waals surface area (Å²) in [7, 11) is 1.94. The van der Waals surface area contributed by atoms with Crippen LogP contribution in [0.5, 0.6) is 0 Å². The largest absolute Gasteiger partial charge is 0.381 e. The lowest BCUT2D eigenvalue weighted by molar-refractivity contribution is -0.0390. The van der Waals surface area contributed by atoms with E-state index in [-0.39, 0.29) is 24.0 Å². The molecule has 1 aliphatic heterocycles. The zero-order chi connectivity index (χ0) is 19.6. The van der Waals surface area contributed by atoms with Crippen molar-refractivity contribution in [2.75, 3.05) is 19.8 Å². The lowest BCUT2D eigenvalue weighted by atomic mass is 10.1. The SMILES string of the molecule is CCNC(=NCc1cccc(COC2CCOCC2)c1)NCc1ccnn1C.I. The van der Waals surface area contributed by atoms with Crippen LogP contribution < -0.4 is 10.6 Å². The Hall–Kier alpha value is -1.65. The summed E-state index contributed by atoms with van der Waals surface area (Å²) in [4.78, 5) is 4.71. The Balaban J connectivity index is 0.00000300. The lowest BCUT2D eigenvalue weighted by Gasteiger charge is -2.22. The van der Waals surface area contributed by atoms with E-state index >= 15 is 0 Å². The highest BCUT2D eigenvalue weighted by atomic mass is 127. The summed E-state index contributed by atoms with van der Waals surface area (Å²) < 4.78 is 13.3. The predicted octanol–water partition coefficient (Wildman–Crippen LogP) is 2.99. The standard InChI is InChI=1S/C21H31N5O2.HI/c1-3-22-21(24-15-19-7-10-25-26(19)2)23-14-17-5-4-6-18(13-17)16-28-20-8-11-27-12-9-20;/h4-7,10,13,20H,3,8-9,11-12,14-16H2,1-2H3,(H2,22,23,24);1H. The Bertz CT molecular complexity index is 759. The highest BCUT2D eigenvalue weighted by Crippen LogP contribution is 2.14. The third-order valence-electron chi connectivity index (χ3n) is 4.77. The summed E-state index contributed by atoms with van der Waals surface area (Å²) in [5, 5.41) is 10.8. The predicted molar refractivity (Wildman–Crippen MR) is 125 cm³/mol. The fraction of sp³-hybridized carbons (Fsp3) is 0.524. The minimum Gasteiger partial charge on any atom is -0.381 e. The summed E-state index contributed by atoms with van der Waals surface area (Å²) >= 11 is 0. The minimum atomic E-state index is 0. The van der Waals surface area contributed by atoms with Crippen LogP contribution in [0.15, 0.2) is 41.5 Å². The molecule has 1 aliphatic rings. The summed E-state index contributed by atoms with van der Waals surface area (Å²) in [6, 6.07) is 10.5. The molecule has 0 amide bonds. The van der Waals surface area contributed by atoms with Gasteiger partial charge in [-0.3, -0.25) is 4.68 Å². The van der Waals surface area contributed by atoms with E-state index in [4.69, 9.17) is 14.5 Å². The van der Waals surface area contributed by atoms with Gasteiger partial charge in [0, 0.05) is 33.0 Å². The normalized spacial score (nSPS) is 15.0. The van der Waals surface area contributed by atoms with Gasteiger partial charge in [-0.25, -0.2) is 4.99 Å². The Kier molecular flexibility index (Phi) is 10.4. The molecule has 1 aromatic heterocycles. The number of aryl methyl sites for hydroxylation is 1. The number of halogens is 1. The molecule has 1 saturated heterocycles. The van der Waals surface area contributed by atoms with Gasteiger partial charge in [-0.1, -0.05) is 24.3 Å². The summed E-state index contributed by atoms with van der Waals surface area (Å²) in [5.74, 6) is 0.799. The first kappa shape index (κ1) is 23.6. The van der Waals surface area contributed by atoms with Crippen LogP contribution in [0, 0.1) is 0 Å². The molecule has 8 heteroatoms. The number of guanidine groups is 1. The number of ether oxygens (including phenoxy) is 2. The van der Waals surface area contributed by atoms with Crippen LogP contribution in [0.3, 0.4) is 0 Å². The van der Waals surface area contributed by atoms with Crippen LogP contribution in [0.25, 0.3) is 0 Å². The molecular formula is C21H32IN5O2. The molecule has 0 spiro atoms. The van der Waals surface area contributed by atoms with Crippen molar-refractivity contribution in [2.24, 2.45) is 12.0 Å². The van der Waals surface area contributed by atoms with Crippen molar-refractivity contribution in [3.05, 3.63) is 53.3 Å². The van der Waals surface area contributed by atoms with Gasteiger partial charge < -0.3 is 20.1 Å². The highest BCUT2D eigenvalue weighted by molar-refractivity contribution is 14.0. The molecule has 2 aromatic rings. The Morgan fingerprint density at radius 3 is 2.76 bits per heavy atom. The van der Waals surface area contributed by atoms with Crippen LogP contribution in [0.4, 0.5) is 0 Å². The van der Waals surface area contributed by atoms with Gasteiger partial charge in [-0.05, 0) is 37.0 Å². The topological polar surface area (TPSA) is 72.7 Å². The van der Waals surface area contributed by atoms with Gasteiger partial charge in [0.15, 0.2) is 5.96 Å². The number of nitrogens with zero attached hydrogens (tertiary/aromatic N) is 3. The highest BCUT2D eigenvalue weighted by Gasteiger charge is 2.14. The van der Waals surface area contributed by atoms with Crippen molar-refractivity contribution in [3.63, 3.8) is 0 Å². The van der Waals surface area contributed by atoms with Crippen LogP contribution in [0.2, 0.25) is 0 Å². The van der Waals surface area contributed by atoms with Gasteiger partial charge in [0.2, 0.25) is 0 Å². The van der Waals surface area contributed by atoms with Crippen molar-refractivity contribution >= 4 is 29.9 Å². The number of rotatable bonds is 8. The second-order valence-corrected chi connectivity index (χ2v) is 6.94. The molecule has 1 aromatic carbocycles. The zero-order valence-electron chi connectivity index (χ0n) is 17.3. The Morgan fingerprint density at radius 1 is 1.24 bits per heavy atom. The first-order valence-corrected chi connectivity index (χ1v) is 10.0. The molecule has 0 unspecified atom stereocenters. The van der Waals surface area contributed by atoms with Gasteiger partial charge in [0.05, 0.1) is 31.5 Å². The number of aliphatic imine (C=N–C) groups is 1. The summed E-state index contributed by atoms with van der Waals surface area (Å²) in [5.41, 5.74) is 3.47. The van der Waals surface area contributed by atoms with Gasteiger partial charge >= 0.3 is 0 Å². The molecule has 2 N–H and O–H groups in total. The fourth-order valence-electron chi connectivity index (χ4n) is 3.14. The first-order chi connectivity index (χ1) is 13.7. The molecule has 160 valence electrons. The molecule has 0 bridgehead atoms. The number of hydrogen-bond donors (Lipinski definition) is 2. The van der Waals surface area contributed by atoms with Crippen LogP contribution in [-0.2, 0) is 36.2 Å². The Morgan fingerprint density at radius 2 is 2.03 bits per heavy atom.